The van der Waals surface area contributed by atoms with Gasteiger partial charge in [0.2, 0.25) is 0 Å². The Hall–Kier alpha value is -3.45. The normalized spacial score (nSPS) is 12.2. The number of hydrogen-bond donors (Lipinski definition) is 1. The van der Waals surface area contributed by atoms with Crippen molar-refractivity contribution in [2.75, 3.05) is 6.61 Å². The highest BCUT2D eigenvalue weighted by molar-refractivity contribution is 5.90. The molecule has 0 saturated carbocycles. The van der Waals surface area contributed by atoms with E-state index in [1.807, 2.05) is 37.3 Å². The van der Waals surface area contributed by atoms with Crippen LogP contribution in [0, 0.1) is 13.8 Å². The van der Waals surface area contributed by atoms with Gasteiger partial charge >= 0.3 is 6.18 Å². The van der Waals surface area contributed by atoms with E-state index in [2.05, 4.69) is 9.97 Å². The molecular weight excluding hydrogens is 453 g/mol. The molecule has 0 spiro atoms. The zero-order valence-corrected chi connectivity index (χ0v) is 20.1. The van der Waals surface area contributed by atoms with E-state index in [-0.39, 0.29) is 5.56 Å². The van der Waals surface area contributed by atoms with Crippen molar-refractivity contribution in [3.05, 3.63) is 88.7 Å². The number of pyridine rings is 2. The van der Waals surface area contributed by atoms with E-state index in [9.17, 15) is 18.3 Å². The first-order valence-corrected chi connectivity index (χ1v) is 11.3. The summed E-state index contributed by atoms with van der Waals surface area (Å²) in [6, 6.07) is 15.7. The minimum atomic E-state index is -4.59. The summed E-state index contributed by atoms with van der Waals surface area (Å²) in [6.07, 6.45) is -2.97. The molecule has 0 bridgehead atoms. The summed E-state index contributed by atoms with van der Waals surface area (Å²) in [5, 5.41) is 10.5. The van der Waals surface area contributed by atoms with Crippen LogP contribution in [-0.2, 0) is 18.2 Å². The second-order valence-corrected chi connectivity index (χ2v) is 9.32. The molecule has 0 aliphatic heterocycles. The average molecular weight is 481 g/mol. The van der Waals surface area contributed by atoms with Gasteiger partial charge in [0.15, 0.2) is 0 Å². The topological polar surface area (TPSA) is 55.2 Å². The first-order valence-electron chi connectivity index (χ1n) is 11.3. The lowest BCUT2D eigenvalue weighted by atomic mass is 9.80. The van der Waals surface area contributed by atoms with E-state index in [4.69, 9.17) is 4.74 Å². The van der Waals surface area contributed by atoms with Gasteiger partial charge < -0.3 is 9.84 Å². The van der Waals surface area contributed by atoms with Crippen molar-refractivity contribution in [1.82, 2.24) is 9.97 Å². The molecule has 4 aromatic rings. The Labute approximate surface area is 202 Å². The van der Waals surface area contributed by atoms with Crippen LogP contribution in [0.1, 0.15) is 41.8 Å². The van der Waals surface area contributed by atoms with Crippen LogP contribution in [0.3, 0.4) is 0 Å². The first kappa shape index (κ1) is 24.7. The van der Waals surface area contributed by atoms with Gasteiger partial charge in [-0.1, -0.05) is 50.2 Å². The highest BCUT2D eigenvalue weighted by atomic mass is 19.4. The highest BCUT2D eigenvalue weighted by Crippen LogP contribution is 2.42. The molecule has 0 amide bonds. The molecule has 35 heavy (non-hydrogen) atoms. The lowest BCUT2D eigenvalue weighted by molar-refractivity contribution is -0.138. The van der Waals surface area contributed by atoms with E-state index in [0.29, 0.717) is 34.7 Å². The number of halogens is 3. The SMILES string of the molecule is Cc1cc(C(C)(C)CO)c(C(F)(F)F)cc1-c1cc(OCc2ccccc2)c2c(C)nccc2n1. The van der Waals surface area contributed by atoms with E-state index < -0.39 is 23.8 Å². The van der Waals surface area contributed by atoms with Crippen molar-refractivity contribution < 1.29 is 23.0 Å². The number of aliphatic hydroxyl groups is 1. The zero-order valence-electron chi connectivity index (χ0n) is 20.1. The summed E-state index contributed by atoms with van der Waals surface area (Å²) in [4.78, 5) is 9.03. The molecule has 0 fully saturated rings. The second kappa shape index (κ2) is 9.30. The molecule has 2 aromatic heterocycles. The molecule has 0 saturated heterocycles. The van der Waals surface area contributed by atoms with Crippen molar-refractivity contribution in [3.8, 4) is 17.0 Å². The third-order valence-corrected chi connectivity index (χ3v) is 6.18. The number of benzene rings is 2. The monoisotopic (exact) mass is 480 g/mol. The van der Waals surface area contributed by atoms with Crippen molar-refractivity contribution in [1.29, 1.82) is 0 Å². The third kappa shape index (κ3) is 5.00. The molecule has 0 radical (unpaired) electrons. The summed E-state index contributed by atoms with van der Waals surface area (Å²) in [5.74, 6) is 0.507. The standard InChI is InChI=1S/C28H27F3N2O2/c1-17-12-21(27(3,4)16-34)22(28(29,30)31)13-20(17)24-14-25(35-15-19-8-6-5-7-9-19)26-18(2)32-11-10-23(26)33-24/h5-14,34H,15-16H2,1-4H3. The Balaban J connectivity index is 1.90. The predicted octanol–water partition coefficient (Wildman–Crippen LogP) is 6.78. The smallest absolute Gasteiger partial charge is 0.416 e. The van der Waals surface area contributed by atoms with Crippen LogP contribution in [-0.4, -0.2) is 21.7 Å². The van der Waals surface area contributed by atoms with Gasteiger partial charge in [0.05, 0.1) is 34.5 Å². The van der Waals surface area contributed by atoms with Crippen LogP contribution in [0.15, 0.2) is 60.8 Å². The molecular formula is C28H27F3N2O2. The molecule has 0 atom stereocenters. The first-order chi connectivity index (χ1) is 16.5. The van der Waals surface area contributed by atoms with Crippen LogP contribution >= 0.6 is 0 Å². The molecule has 4 nitrogen and oxygen atoms in total. The fourth-order valence-corrected chi connectivity index (χ4v) is 4.16. The number of aliphatic hydroxyl groups excluding tert-OH is 1. The Kier molecular flexibility index (Phi) is 6.56. The second-order valence-electron chi connectivity index (χ2n) is 9.32. The van der Waals surface area contributed by atoms with E-state index >= 15 is 0 Å². The molecule has 2 heterocycles. The summed E-state index contributed by atoms with van der Waals surface area (Å²) >= 11 is 0. The number of alkyl halides is 3. The van der Waals surface area contributed by atoms with Gasteiger partial charge in [0.25, 0.3) is 0 Å². The molecule has 0 aliphatic carbocycles. The Bertz CT molecular complexity index is 1370. The number of ether oxygens (including phenoxy) is 1. The summed E-state index contributed by atoms with van der Waals surface area (Å²) < 4.78 is 48.4. The lowest BCUT2D eigenvalue weighted by Crippen LogP contribution is -2.27. The molecule has 4 rings (SSSR count). The maximum atomic E-state index is 14.1. The third-order valence-electron chi connectivity index (χ3n) is 6.18. The van der Waals surface area contributed by atoms with Gasteiger partial charge in [-0.25, -0.2) is 4.98 Å². The summed E-state index contributed by atoms with van der Waals surface area (Å²) in [6.45, 7) is 6.67. The Morgan fingerprint density at radius 1 is 0.943 bits per heavy atom. The Morgan fingerprint density at radius 3 is 2.31 bits per heavy atom. The number of aromatic nitrogens is 2. The van der Waals surface area contributed by atoms with Gasteiger partial charge in [-0.05, 0) is 42.7 Å². The van der Waals surface area contributed by atoms with Gasteiger partial charge in [0, 0.05) is 23.2 Å². The number of rotatable bonds is 6. The van der Waals surface area contributed by atoms with Gasteiger partial charge in [-0.2, -0.15) is 13.2 Å². The Morgan fingerprint density at radius 2 is 1.66 bits per heavy atom. The molecule has 0 unspecified atom stereocenters. The van der Waals surface area contributed by atoms with Gasteiger partial charge in [-0.3, -0.25) is 4.98 Å². The molecule has 7 heteroatoms. The predicted molar refractivity (Wildman–Crippen MR) is 130 cm³/mol. The zero-order chi connectivity index (χ0) is 25.4. The van der Waals surface area contributed by atoms with Crippen LogP contribution in [0.4, 0.5) is 13.2 Å². The highest BCUT2D eigenvalue weighted by Gasteiger charge is 2.38. The average Bonchev–Trinajstić information content (AvgIpc) is 2.82. The number of nitrogens with zero attached hydrogens (tertiary/aromatic N) is 2. The van der Waals surface area contributed by atoms with Crippen LogP contribution in [0.25, 0.3) is 22.2 Å². The summed E-state index contributed by atoms with van der Waals surface area (Å²) in [5.41, 5.74) is 1.85. The molecule has 2 aromatic carbocycles. The minimum Gasteiger partial charge on any atom is -0.488 e. The van der Waals surface area contributed by atoms with Crippen molar-refractivity contribution in [2.45, 2.75) is 45.9 Å². The largest absolute Gasteiger partial charge is 0.488 e. The fraction of sp³-hybridized carbons (Fsp3) is 0.286. The number of hydrogen-bond acceptors (Lipinski definition) is 4. The van der Waals surface area contributed by atoms with Crippen molar-refractivity contribution in [3.63, 3.8) is 0 Å². The van der Waals surface area contributed by atoms with Gasteiger partial charge in [0.1, 0.15) is 12.4 Å². The van der Waals surface area contributed by atoms with Crippen LogP contribution in [0.5, 0.6) is 5.75 Å². The minimum absolute atomic E-state index is 0.0511. The maximum absolute atomic E-state index is 14.1. The fourth-order valence-electron chi connectivity index (χ4n) is 4.16. The van der Waals surface area contributed by atoms with E-state index in [1.165, 1.54) is 6.07 Å². The van der Waals surface area contributed by atoms with Crippen molar-refractivity contribution >= 4 is 10.9 Å². The number of aryl methyl sites for hydroxylation is 2. The molecule has 1 N–H and O–H groups in total. The quantitative estimate of drug-likeness (QED) is 0.330. The molecule has 0 aliphatic rings. The van der Waals surface area contributed by atoms with Gasteiger partial charge in [-0.15, -0.1) is 0 Å². The lowest BCUT2D eigenvalue weighted by Gasteiger charge is -2.28. The van der Waals surface area contributed by atoms with E-state index in [1.54, 1.807) is 39.1 Å². The summed E-state index contributed by atoms with van der Waals surface area (Å²) in [7, 11) is 0. The number of fused-ring (bicyclic) bond motifs is 1. The maximum Gasteiger partial charge on any atom is 0.416 e. The van der Waals surface area contributed by atoms with Crippen LogP contribution in [0.2, 0.25) is 0 Å². The molecule has 182 valence electrons. The van der Waals surface area contributed by atoms with Crippen molar-refractivity contribution in [2.24, 2.45) is 0 Å². The van der Waals surface area contributed by atoms with E-state index in [0.717, 1.165) is 22.7 Å². The van der Waals surface area contributed by atoms with Crippen LogP contribution < -0.4 is 4.74 Å².